The molecule has 0 radical (unpaired) electrons. The monoisotopic (exact) mass is 192 g/mol. The zero-order valence-electron chi connectivity index (χ0n) is 7.67. The van der Waals surface area contributed by atoms with E-state index in [2.05, 4.69) is 22.1 Å². The number of carbonyl (C=O) groups excluding carboxylic acids is 1. The smallest absolute Gasteiger partial charge is 0.252 e. The van der Waals surface area contributed by atoms with Crippen LogP contribution in [0.3, 0.4) is 0 Å². The predicted molar refractivity (Wildman–Crippen MR) is 50.0 cm³/mol. The summed E-state index contributed by atoms with van der Waals surface area (Å²) in [5.74, 6) is 4.29. The average molecular weight is 192 g/mol. The highest BCUT2D eigenvalue weighted by atomic mass is 19.1. The molecule has 1 N–H and O–H groups in total. The molecule has 0 saturated carbocycles. The number of aromatic nitrogens is 1. The Hall–Kier alpha value is -1.89. The molecule has 1 heterocycles. The van der Waals surface area contributed by atoms with Crippen molar-refractivity contribution in [3.63, 3.8) is 0 Å². The first-order valence-electron chi connectivity index (χ1n) is 4.03. The number of hydrogen-bond acceptors (Lipinski definition) is 2. The topological polar surface area (TPSA) is 42.0 Å². The van der Waals surface area contributed by atoms with Crippen LogP contribution in [0, 0.1) is 17.8 Å². The van der Waals surface area contributed by atoms with Gasteiger partial charge in [-0.3, -0.25) is 4.79 Å². The second-order valence-electron chi connectivity index (χ2n) is 2.48. The Labute approximate surface area is 81.4 Å². The summed E-state index contributed by atoms with van der Waals surface area (Å²) in [7, 11) is 0. The first-order chi connectivity index (χ1) is 6.74. The standard InChI is InChI=1S/C10H9FN2O/c1-2-3-5-13-10(14)8-4-6-12-9(11)7-8/h4,6-7H,5H2,1H3,(H,13,14). The summed E-state index contributed by atoms with van der Waals surface area (Å²) in [5.41, 5.74) is 0.246. The number of nitrogens with zero attached hydrogens (tertiary/aromatic N) is 1. The van der Waals surface area contributed by atoms with Crippen molar-refractivity contribution in [2.75, 3.05) is 6.54 Å². The Balaban J connectivity index is 2.63. The largest absolute Gasteiger partial charge is 0.341 e. The highest BCUT2D eigenvalue weighted by molar-refractivity contribution is 5.94. The first kappa shape index (κ1) is 10.2. The Kier molecular flexibility index (Phi) is 3.62. The zero-order chi connectivity index (χ0) is 10.4. The van der Waals surface area contributed by atoms with Gasteiger partial charge in [-0.2, -0.15) is 4.39 Å². The SMILES string of the molecule is CC#CCNC(=O)c1ccnc(F)c1. The number of amides is 1. The minimum Gasteiger partial charge on any atom is -0.341 e. The number of hydrogen-bond donors (Lipinski definition) is 1. The molecule has 0 spiro atoms. The van der Waals surface area contributed by atoms with Gasteiger partial charge in [0.2, 0.25) is 5.95 Å². The fourth-order valence-corrected chi connectivity index (χ4v) is 0.859. The van der Waals surface area contributed by atoms with Gasteiger partial charge in [-0.05, 0) is 13.0 Å². The maximum Gasteiger partial charge on any atom is 0.252 e. The van der Waals surface area contributed by atoms with Crippen LogP contribution >= 0.6 is 0 Å². The van der Waals surface area contributed by atoms with E-state index < -0.39 is 5.95 Å². The summed E-state index contributed by atoms with van der Waals surface area (Å²) < 4.78 is 12.6. The van der Waals surface area contributed by atoms with Crippen molar-refractivity contribution in [1.82, 2.24) is 10.3 Å². The van der Waals surface area contributed by atoms with E-state index in [1.54, 1.807) is 6.92 Å². The maximum absolute atomic E-state index is 12.6. The fraction of sp³-hybridized carbons (Fsp3) is 0.200. The van der Waals surface area contributed by atoms with Crippen LogP contribution in [-0.4, -0.2) is 17.4 Å². The Morgan fingerprint density at radius 2 is 2.50 bits per heavy atom. The highest BCUT2D eigenvalue weighted by Crippen LogP contribution is 1.99. The van der Waals surface area contributed by atoms with Gasteiger partial charge in [0.25, 0.3) is 5.91 Å². The molecule has 0 saturated heterocycles. The molecular formula is C10H9FN2O. The molecule has 3 nitrogen and oxygen atoms in total. The Morgan fingerprint density at radius 3 is 3.14 bits per heavy atom. The highest BCUT2D eigenvalue weighted by Gasteiger charge is 2.04. The van der Waals surface area contributed by atoms with Crippen molar-refractivity contribution in [2.45, 2.75) is 6.92 Å². The molecule has 0 fully saturated rings. The average Bonchev–Trinajstić information content (AvgIpc) is 2.18. The summed E-state index contributed by atoms with van der Waals surface area (Å²) in [6.07, 6.45) is 1.25. The van der Waals surface area contributed by atoms with E-state index in [4.69, 9.17) is 0 Å². The minimum absolute atomic E-state index is 0.246. The molecule has 0 bridgehead atoms. The second-order valence-corrected chi connectivity index (χ2v) is 2.48. The van der Waals surface area contributed by atoms with Crippen LogP contribution in [0.5, 0.6) is 0 Å². The van der Waals surface area contributed by atoms with Gasteiger partial charge >= 0.3 is 0 Å². The molecule has 4 heteroatoms. The molecule has 1 rings (SSSR count). The summed E-state index contributed by atoms with van der Waals surface area (Å²) in [6, 6.07) is 2.52. The van der Waals surface area contributed by atoms with Gasteiger partial charge in [0.1, 0.15) is 0 Å². The van der Waals surface area contributed by atoms with E-state index in [1.165, 1.54) is 12.3 Å². The number of rotatable bonds is 2. The Morgan fingerprint density at radius 1 is 1.71 bits per heavy atom. The van der Waals surface area contributed by atoms with Crippen LogP contribution in [0.25, 0.3) is 0 Å². The number of pyridine rings is 1. The van der Waals surface area contributed by atoms with E-state index in [-0.39, 0.29) is 18.0 Å². The third-order valence-corrected chi connectivity index (χ3v) is 1.50. The van der Waals surface area contributed by atoms with Gasteiger partial charge in [0.15, 0.2) is 0 Å². The number of halogens is 1. The van der Waals surface area contributed by atoms with Crippen molar-refractivity contribution < 1.29 is 9.18 Å². The lowest BCUT2D eigenvalue weighted by molar-refractivity contribution is 0.0958. The lowest BCUT2D eigenvalue weighted by atomic mass is 10.2. The van der Waals surface area contributed by atoms with E-state index in [1.807, 2.05) is 0 Å². The molecule has 72 valence electrons. The molecular weight excluding hydrogens is 183 g/mol. The molecule has 0 aromatic carbocycles. The number of nitrogens with one attached hydrogen (secondary N) is 1. The van der Waals surface area contributed by atoms with Gasteiger partial charge in [-0.15, -0.1) is 5.92 Å². The van der Waals surface area contributed by atoms with Crippen molar-refractivity contribution >= 4 is 5.91 Å². The van der Waals surface area contributed by atoms with Gasteiger partial charge in [-0.25, -0.2) is 4.98 Å². The minimum atomic E-state index is -0.667. The molecule has 0 aliphatic heterocycles. The lowest BCUT2D eigenvalue weighted by Crippen LogP contribution is -2.23. The van der Waals surface area contributed by atoms with Crippen LogP contribution in [0.2, 0.25) is 0 Å². The van der Waals surface area contributed by atoms with E-state index in [0.717, 1.165) is 6.07 Å². The summed E-state index contributed by atoms with van der Waals surface area (Å²) in [4.78, 5) is 14.6. The van der Waals surface area contributed by atoms with E-state index in [0.29, 0.717) is 0 Å². The third kappa shape index (κ3) is 2.87. The van der Waals surface area contributed by atoms with Crippen molar-refractivity contribution in [1.29, 1.82) is 0 Å². The predicted octanol–water partition coefficient (Wildman–Crippen LogP) is 0.974. The van der Waals surface area contributed by atoms with E-state index in [9.17, 15) is 9.18 Å². The van der Waals surface area contributed by atoms with Crippen molar-refractivity contribution in [3.05, 3.63) is 29.8 Å². The van der Waals surface area contributed by atoms with Gasteiger partial charge < -0.3 is 5.32 Å². The lowest BCUT2D eigenvalue weighted by Gasteiger charge is -2.00. The quantitative estimate of drug-likeness (QED) is 0.560. The first-order valence-corrected chi connectivity index (χ1v) is 4.03. The molecule has 0 unspecified atom stereocenters. The Bertz CT molecular complexity index is 393. The van der Waals surface area contributed by atoms with Crippen molar-refractivity contribution in [3.8, 4) is 11.8 Å². The van der Waals surface area contributed by atoms with Crippen LogP contribution in [-0.2, 0) is 0 Å². The molecule has 1 amide bonds. The van der Waals surface area contributed by atoms with Crippen LogP contribution < -0.4 is 5.32 Å². The molecule has 1 aromatic rings. The van der Waals surface area contributed by atoms with E-state index >= 15 is 0 Å². The summed E-state index contributed by atoms with van der Waals surface area (Å²) in [6.45, 7) is 1.94. The van der Waals surface area contributed by atoms with Crippen molar-refractivity contribution in [2.24, 2.45) is 0 Å². The van der Waals surface area contributed by atoms with Gasteiger partial charge in [0.05, 0.1) is 6.54 Å². The molecule has 1 aromatic heterocycles. The van der Waals surface area contributed by atoms with Gasteiger partial charge in [-0.1, -0.05) is 5.92 Å². The zero-order valence-corrected chi connectivity index (χ0v) is 7.67. The second kappa shape index (κ2) is 4.97. The van der Waals surface area contributed by atoms with Crippen LogP contribution in [0.1, 0.15) is 17.3 Å². The van der Waals surface area contributed by atoms with Crippen LogP contribution in [0.15, 0.2) is 18.3 Å². The summed E-state index contributed by atoms with van der Waals surface area (Å²) >= 11 is 0. The molecule has 0 atom stereocenters. The molecule has 0 aliphatic carbocycles. The summed E-state index contributed by atoms with van der Waals surface area (Å²) in [5, 5.41) is 2.52. The maximum atomic E-state index is 12.6. The molecule has 14 heavy (non-hydrogen) atoms. The third-order valence-electron chi connectivity index (χ3n) is 1.50. The number of carbonyl (C=O) groups is 1. The van der Waals surface area contributed by atoms with Crippen LogP contribution in [0.4, 0.5) is 4.39 Å². The normalized spacial score (nSPS) is 8.71. The molecule has 0 aliphatic rings. The van der Waals surface area contributed by atoms with Gasteiger partial charge in [0, 0.05) is 17.8 Å². The fourth-order valence-electron chi connectivity index (χ4n) is 0.859.